The molecule has 0 unspecified atom stereocenters. The molecule has 0 aromatic heterocycles. The maximum atomic E-state index is 11.5. The fraction of sp³-hybridized carbons (Fsp3) is 0.846. The van der Waals surface area contributed by atoms with Crippen LogP contribution in [0.5, 0.6) is 0 Å². The normalized spacial score (nSPS) is 22.3. The van der Waals surface area contributed by atoms with Gasteiger partial charge in [-0.1, -0.05) is 0 Å². The van der Waals surface area contributed by atoms with Gasteiger partial charge < -0.3 is 20.7 Å². The van der Waals surface area contributed by atoms with Crippen LogP contribution in [-0.4, -0.2) is 42.8 Å². The highest BCUT2D eigenvalue weighted by Crippen LogP contribution is 2.20. The number of hydrogen-bond acceptors (Lipinski definition) is 4. The molecule has 1 aliphatic rings. The summed E-state index contributed by atoms with van der Waals surface area (Å²) in [5.74, 6) is -0.0140. The molecule has 6 nitrogen and oxygen atoms in total. The van der Waals surface area contributed by atoms with E-state index < -0.39 is 5.60 Å². The van der Waals surface area contributed by atoms with Crippen molar-refractivity contribution >= 4 is 12.0 Å². The molecule has 0 radical (unpaired) electrons. The maximum absolute atomic E-state index is 11.5. The highest BCUT2D eigenvalue weighted by molar-refractivity contribution is 5.72. The van der Waals surface area contributed by atoms with E-state index in [4.69, 9.17) is 4.74 Å². The molecular formula is C13H25N3O3. The minimum absolute atomic E-state index is 0.0140. The van der Waals surface area contributed by atoms with E-state index in [0.29, 0.717) is 12.6 Å². The largest absolute Gasteiger partial charge is 0.444 e. The van der Waals surface area contributed by atoms with E-state index in [1.165, 1.54) is 6.92 Å². The standard InChI is InChI=1S/C13H25N3O3/c1-9(17)14-5-6-15-10-7-11(8-10)16-12(18)19-13(2,3)4/h10-11,15H,5-8H2,1-4H3,(H,14,17)(H,16,18). The van der Waals surface area contributed by atoms with Gasteiger partial charge in [0, 0.05) is 32.1 Å². The van der Waals surface area contributed by atoms with Crippen molar-refractivity contribution in [1.82, 2.24) is 16.0 Å². The number of rotatable bonds is 5. The smallest absolute Gasteiger partial charge is 0.407 e. The zero-order chi connectivity index (χ0) is 14.5. The van der Waals surface area contributed by atoms with Gasteiger partial charge in [-0.3, -0.25) is 4.79 Å². The Labute approximate surface area is 114 Å². The fourth-order valence-electron chi connectivity index (χ4n) is 1.89. The molecule has 0 aromatic carbocycles. The molecule has 0 heterocycles. The average molecular weight is 271 g/mol. The molecule has 1 aliphatic carbocycles. The molecule has 110 valence electrons. The zero-order valence-corrected chi connectivity index (χ0v) is 12.2. The number of alkyl carbamates (subject to hydrolysis) is 1. The van der Waals surface area contributed by atoms with Gasteiger partial charge in [-0.05, 0) is 33.6 Å². The van der Waals surface area contributed by atoms with Crippen LogP contribution in [0.25, 0.3) is 0 Å². The van der Waals surface area contributed by atoms with Crippen molar-refractivity contribution in [3.05, 3.63) is 0 Å². The van der Waals surface area contributed by atoms with E-state index in [-0.39, 0.29) is 18.0 Å². The molecule has 1 saturated carbocycles. The lowest BCUT2D eigenvalue weighted by molar-refractivity contribution is -0.118. The first-order valence-corrected chi connectivity index (χ1v) is 6.73. The van der Waals surface area contributed by atoms with Gasteiger partial charge in [-0.15, -0.1) is 0 Å². The second-order valence-corrected chi connectivity index (χ2v) is 5.95. The molecule has 0 aliphatic heterocycles. The molecule has 0 atom stereocenters. The fourth-order valence-corrected chi connectivity index (χ4v) is 1.89. The SMILES string of the molecule is CC(=O)NCCNC1CC(NC(=O)OC(C)(C)C)C1. The van der Waals surface area contributed by atoms with Crippen molar-refractivity contribution in [1.29, 1.82) is 0 Å². The van der Waals surface area contributed by atoms with Crippen LogP contribution in [0.15, 0.2) is 0 Å². The molecule has 1 fully saturated rings. The molecule has 6 heteroatoms. The molecule has 19 heavy (non-hydrogen) atoms. The van der Waals surface area contributed by atoms with Gasteiger partial charge in [-0.2, -0.15) is 0 Å². The Morgan fingerprint density at radius 1 is 1.16 bits per heavy atom. The Morgan fingerprint density at radius 2 is 1.79 bits per heavy atom. The number of hydrogen-bond donors (Lipinski definition) is 3. The summed E-state index contributed by atoms with van der Waals surface area (Å²) in [7, 11) is 0. The topological polar surface area (TPSA) is 79.5 Å². The van der Waals surface area contributed by atoms with Crippen molar-refractivity contribution < 1.29 is 14.3 Å². The van der Waals surface area contributed by atoms with Crippen LogP contribution in [0, 0.1) is 0 Å². The third-order valence-corrected chi connectivity index (χ3v) is 2.79. The number of amides is 2. The van der Waals surface area contributed by atoms with Crippen LogP contribution < -0.4 is 16.0 Å². The second-order valence-electron chi connectivity index (χ2n) is 5.95. The lowest BCUT2D eigenvalue weighted by atomic mass is 9.87. The Morgan fingerprint density at radius 3 is 2.32 bits per heavy atom. The predicted molar refractivity (Wildman–Crippen MR) is 72.9 cm³/mol. The van der Waals surface area contributed by atoms with Crippen molar-refractivity contribution in [3.63, 3.8) is 0 Å². The van der Waals surface area contributed by atoms with Gasteiger partial charge in [0.1, 0.15) is 5.60 Å². The maximum Gasteiger partial charge on any atom is 0.407 e. The number of carbonyl (C=O) groups is 2. The van der Waals surface area contributed by atoms with Crippen LogP contribution >= 0.6 is 0 Å². The molecule has 0 aromatic rings. The summed E-state index contributed by atoms with van der Waals surface area (Å²) < 4.78 is 5.19. The highest BCUT2D eigenvalue weighted by atomic mass is 16.6. The van der Waals surface area contributed by atoms with E-state index in [0.717, 1.165) is 19.4 Å². The van der Waals surface area contributed by atoms with Gasteiger partial charge in [0.25, 0.3) is 0 Å². The Kier molecular flexibility index (Phi) is 5.60. The summed E-state index contributed by atoms with van der Waals surface area (Å²) in [6.45, 7) is 8.43. The quantitative estimate of drug-likeness (QED) is 0.645. The zero-order valence-electron chi connectivity index (χ0n) is 12.2. The summed E-state index contributed by atoms with van der Waals surface area (Å²) in [4.78, 5) is 22.2. The minimum Gasteiger partial charge on any atom is -0.444 e. The predicted octanol–water partition coefficient (Wildman–Crippen LogP) is 0.768. The molecular weight excluding hydrogens is 246 g/mol. The summed E-state index contributed by atoms with van der Waals surface area (Å²) in [6, 6.07) is 0.599. The highest BCUT2D eigenvalue weighted by Gasteiger charge is 2.30. The van der Waals surface area contributed by atoms with Crippen molar-refractivity contribution in [3.8, 4) is 0 Å². The molecule has 1 rings (SSSR count). The summed E-state index contributed by atoms with van der Waals surface area (Å²) in [5.41, 5.74) is -0.455. The lowest BCUT2D eigenvalue weighted by Crippen LogP contribution is -2.54. The van der Waals surface area contributed by atoms with Crippen LogP contribution in [0.2, 0.25) is 0 Å². The van der Waals surface area contributed by atoms with E-state index in [9.17, 15) is 9.59 Å². The summed E-state index contributed by atoms with van der Waals surface area (Å²) >= 11 is 0. The monoisotopic (exact) mass is 271 g/mol. The minimum atomic E-state index is -0.455. The lowest BCUT2D eigenvalue weighted by Gasteiger charge is -2.36. The third kappa shape index (κ3) is 7.00. The van der Waals surface area contributed by atoms with Crippen molar-refractivity contribution in [2.45, 2.75) is 58.2 Å². The Balaban J connectivity index is 2.04. The van der Waals surface area contributed by atoms with Gasteiger partial charge in [0.15, 0.2) is 0 Å². The molecule has 3 N–H and O–H groups in total. The number of carbonyl (C=O) groups excluding carboxylic acids is 2. The van der Waals surface area contributed by atoms with E-state index in [1.54, 1.807) is 0 Å². The van der Waals surface area contributed by atoms with Gasteiger partial charge >= 0.3 is 6.09 Å². The average Bonchev–Trinajstić information content (AvgIpc) is 2.16. The number of nitrogens with one attached hydrogen (secondary N) is 3. The second kappa shape index (κ2) is 6.75. The molecule has 0 spiro atoms. The third-order valence-electron chi connectivity index (χ3n) is 2.79. The van der Waals surface area contributed by atoms with Gasteiger partial charge in [-0.25, -0.2) is 4.79 Å². The van der Waals surface area contributed by atoms with E-state index >= 15 is 0 Å². The van der Waals surface area contributed by atoms with Gasteiger partial charge in [0.05, 0.1) is 0 Å². The molecule has 0 saturated heterocycles. The first-order valence-electron chi connectivity index (χ1n) is 6.73. The first-order chi connectivity index (χ1) is 8.76. The van der Waals surface area contributed by atoms with Crippen LogP contribution in [-0.2, 0) is 9.53 Å². The van der Waals surface area contributed by atoms with Crippen LogP contribution in [0.3, 0.4) is 0 Å². The van der Waals surface area contributed by atoms with Crippen LogP contribution in [0.4, 0.5) is 4.79 Å². The summed E-state index contributed by atoms with van der Waals surface area (Å²) in [6.07, 6.45) is 1.45. The summed E-state index contributed by atoms with van der Waals surface area (Å²) in [5, 5.41) is 8.89. The Hall–Kier alpha value is -1.30. The van der Waals surface area contributed by atoms with Gasteiger partial charge in [0.2, 0.25) is 5.91 Å². The van der Waals surface area contributed by atoms with Crippen LogP contribution in [0.1, 0.15) is 40.5 Å². The van der Waals surface area contributed by atoms with E-state index in [2.05, 4.69) is 16.0 Å². The number of ether oxygens (including phenoxy) is 1. The Bertz CT molecular complexity index is 320. The van der Waals surface area contributed by atoms with Crippen molar-refractivity contribution in [2.75, 3.05) is 13.1 Å². The molecule has 2 amide bonds. The molecule has 0 bridgehead atoms. The first kappa shape index (κ1) is 15.8. The van der Waals surface area contributed by atoms with E-state index in [1.807, 2.05) is 20.8 Å². The van der Waals surface area contributed by atoms with Crippen molar-refractivity contribution in [2.24, 2.45) is 0 Å².